The Morgan fingerprint density at radius 2 is 1.70 bits per heavy atom. The SMILES string of the molecule is CC(C(=O)N1CCC(N2CCCC2)CC1)C(N)c1ccccc1. The van der Waals surface area contributed by atoms with E-state index >= 15 is 0 Å². The van der Waals surface area contributed by atoms with Crippen LogP contribution < -0.4 is 5.73 Å². The third kappa shape index (κ3) is 3.75. The maximum Gasteiger partial charge on any atom is 0.227 e. The molecule has 1 aromatic rings. The van der Waals surface area contributed by atoms with E-state index in [2.05, 4.69) is 4.90 Å². The normalized spacial score (nSPS) is 23.0. The summed E-state index contributed by atoms with van der Waals surface area (Å²) in [5.74, 6) is 0.0435. The Bertz CT molecular complexity index is 505. The van der Waals surface area contributed by atoms with Crippen molar-refractivity contribution in [2.75, 3.05) is 26.2 Å². The molecule has 4 heteroatoms. The number of benzene rings is 1. The highest BCUT2D eigenvalue weighted by atomic mass is 16.2. The Morgan fingerprint density at radius 3 is 2.30 bits per heavy atom. The van der Waals surface area contributed by atoms with Gasteiger partial charge in [-0.2, -0.15) is 0 Å². The number of piperidine rings is 1. The molecule has 0 aliphatic carbocycles. The third-order valence-electron chi connectivity index (χ3n) is 5.55. The molecular formula is C19H29N3O. The van der Waals surface area contributed by atoms with Crippen LogP contribution in [-0.2, 0) is 4.79 Å². The topological polar surface area (TPSA) is 49.6 Å². The molecule has 2 aliphatic rings. The zero-order valence-electron chi connectivity index (χ0n) is 14.2. The molecule has 1 aromatic carbocycles. The summed E-state index contributed by atoms with van der Waals surface area (Å²) in [7, 11) is 0. The van der Waals surface area contributed by atoms with Crippen LogP contribution in [0.3, 0.4) is 0 Å². The first kappa shape index (κ1) is 16.5. The van der Waals surface area contributed by atoms with Gasteiger partial charge >= 0.3 is 0 Å². The van der Waals surface area contributed by atoms with Crippen LogP contribution in [0.1, 0.15) is 44.2 Å². The number of hydrogen-bond donors (Lipinski definition) is 1. The van der Waals surface area contributed by atoms with Crippen LogP contribution in [0.25, 0.3) is 0 Å². The highest BCUT2D eigenvalue weighted by Gasteiger charge is 2.31. The van der Waals surface area contributed by atoms with Gasteiger partial charge in [-0.3, -0.25) is 4.79 Å². The predicted molar refractivity (Wildman–Crippen MR) is 92.9 cm³/mol. The Kier molecular flexibility index (Phi) is 5.34. The molecule has 2 unspecified atom stereocenters. The molecule has 0 bridgehead atoms. The zero-order chi connectivity index (χ0) is 16.2. The summed E-state index contributed by atoms with van der Waals surface area (Å²) in [4.78, 5) is 17.4. The van der Waals surface area contributed by atoms with Gasteiger partial charge in [0.2, 0.25) is 5.91 Å². The molecule has 2 saturated heterocycles. The summed E-state index contributed by atoms with van der Waals surface area (Å²) < 4.78 is 0. The molecule has 0 spiro atoms. The largest absolute Gasteiger partial charge is 0.342 e. The van der Waals surface area contributed by atoms with Gasteiger partial charge in [0, 0.05) is 25.2 Å². The molecule has 2 heterocycles. The fourth-order valence-electron chi connectivity index (χ4n) is 3.96. The first-order chi connectivity index (χ1) is 11.2. The molecule has 2 atom stereocenters. The van der Waals surface area contributed by atoms with Gasteiger partial charge in [0.25, 0.3) is 0 Å². The van der Waals surface area contributed by atoms with Gasteiger partial charge in [0.1, 0.15) is 0 Å². The van der Waals surface area contributed by atoms with E-state index in [1.54, 1.807) is 0 Å². The first-order valence-electron chi connectivity index (χ1n) is 9.00. The Balaban J connectivity index is 1.54. The Hall–Kier alpha value is -1.39. The lowest BCUT2D eigenvalue weighted by Crippen LogP contribution is -2.48. The van der Waals surface area contributed by atoms with Crippen molar-refractivity contribution in [2.24, 2.45) is 11.7 Å². The van der Waals surface area contributed by atoms with E-state index in [4.69, 9.17) is 5.73 Å². The fraction of sp³-hybridized carbons (Fsp3) is 0.632. The summed E-state index contributed by atoms with van der Waals surface area (Å²) in [6.45, 7) is 6.21. The maximum atomic E-state index is 12.8. The monoisotopic (exact) mass is 315 g/mol. The zero-order valence-corrected chi connectivity index (χ0v) is 14.2. The lowest BCUT2D eigenvalue weighted by Gasteiger charge is -2.38. The average molecular weight is 315 g/mol. The van der Waals surface area contributed by atoms with Crippen LogP contribution in [0.5, 0.6) is 0 Å². The number of carbonyl (C=O) groups excluding carboxylic acids is 1. The number of amides is 1. The minimum Gasteiger partial charge on any atom is -0.342 e. The summed E-state index contributed by atoms with van der Waals surface area (Å²) in [6.07, 6.45) is 4.89. The summed E-state index contributed by atoms with van der Waals surface area (Å²) in [5.41, 5.74) is 7.36. The molecule has 126 valence electrons. The molecule has 2 fully saturated rings. The number of hydrogen-bond acceptors (Lipinski definition) is 3. The molecular weight excluding hydrogens is 286 g/mol. The van der Waals surface area contributed by atoms with Gasteiger partial charge in [-0.25, -0.2) is 0 Å². The fourth-order valence-corrected chi connectivity index (χ4v) is 3.96. The van der Waals surface area contributed by atoms with Crippen molar-refractivity contribution < 1.29 is 4.79 Å². The third-order valence-corrected chi connectivity index (χ3v) is 5.55. The highest BCUT2D eigenvalue weighted by molar-refractivity contribution is 5.79. The van der Waals surface area contributed by atoms with E-state index in [0.717, 1.165) is 31.5 Å². The Morgan fingerprint density at radius 1 is 1.09 bits per heavy atom. The lowest BCUT2D eigenvalue weighted by molar-refractivity contribution is -0.137. The van der Waals surface area contributed by atoms with Crippen molar-refractivity contribution >= 4 is 5.91 Å². The van der Waals surface area contributed by atoms with E-state index < -0.39 is 0 Å². The van der Waals surface area contributed by atoms with Crippen molar-refractivity contribution in [3.8, 4) is 0 Å². The summed E-state index contributed by atoms with van der Waals surface area (Å²) in [5, 5.41) is 0. The van der Waals surface area contributed by atoms with Crippen molar-refractivity contribution in [2.45, 2.75) is 44.7 Å². The highest BCUT2D eigenvalue weighted by Crippen LogP contribution is 2.25. The molecule has 0 radical (unpaired) electrons. The van der Waals surface area contributed by atoms with Gasteiger partial charge in [0.15, 0.2) is 0 Å². The van der Waals surface area contributed by atoms with Crippen LogP contribution in [0.2, 0.25) is 0 Å². The molecule has 0 aromatic heterocycles. The molecule has 0 saturated carbocycles. The van der Waals surface area contributed by atoms with Gasteiger partial charge in [-0.15, -0.1) is 0 Å². The van der Waals surface area contributed by atoms with E-state index in [-0.39, 0.29) is 17.9 Å². The van der Waals surface area contributed by atoms with Crippen LogP contribution in [0.4, 0.5) is 0 Å². The van der Waals surface area contributed by atoms with Crippen molar-refractivity contribution in [1.29, 1.82) is 0 Å². The average Bonchev–Trinajstić information content (AvgIpc) is 3.15. The van der Waals surface area contributed by atoms with Crippen LogP contribution in [-0.4, -0.2) is 47.9 Å². The number of nitrogens with zero attached hydrogens (tertiary/aromatic N) is 2. The number of likely N-dealkylation sites (tertiary alicyclic amines) is 2. The van der Waals surface area contributed by atoms with Crippen molar-refractivity contribution in [3.05, 3.63) is 35.9 Å². The lowest BCUT2D eigenvalue weighted by atomic mass is 9.93. The van der Waals surface area contributed by atoms with Gasteiger partial charge < -0.3 is 15.5 Å². The van der Waals surface area contributed by atoms with Crippen LogP contribution >= 0.6 is 0 Å². The number of rotatable bonds is 4. The van der Waals surface area contributed by atoms with Gasteiger partial charge in [0.05, 0.1) is 5.92 Å². The van der Waals surface area contributed by atoms with Gasteiger partial charge in [-0.1, -0.05) is 37.3 Å². The molecule has 4 nitrogen and oxygen atoms in total. The van der Waals surface area contributed by atoms with E-state index in [1.807, 2.05) is 42.2 Å². The number of nitrogens with two attached hydrogens (primary N) is 1. The van der Waals surface area contributed by atoms with Gasteiger partial charge in [-0.05, 0) is 44.3 Å². The van der Waals surface area contributed by atoms with E-state index in [1.165, 1.54) is 25.9 Å². The second-order valence-electron chi connectivity index (χ2n) is 7.02. The molecule has 3 rings (SSSR count). The van der Waals surface area contributed by atoms with Crippen molar-refractivity contribution in [1.82, 2.24) is 9.80 Å². The molecule has 1 amide bonds. The predicted octanol–water partition coefficient (Wildman–Crippen LogP) is 2.41. The second-order valence-corrected chi connectivity index (χ2v) is 7.02. The minimum atomic E-state index is -0.222. The Labute approximate surface area is 139 Å². The van der Waals surface area contributed by atoms with E-state index in [9.17, 15) is 4.79 Å². The van der Waals surface area contributed by atoms with E-state index in [0.29, 0.717) is 6.04 Å². The summed E-state index contributed by atoms with van der Waals surface area (Å²) >= 11 is 0. The molecule has 23 heavy (non-hydrogen) atoms. The maximum absolute atomic E-state index is 12.8. The number of carbonyl (C=O) groups is 1. The second kappa shape index (κ2) is 7.45. The smallest absolute Gasteiger partial charge is 0.227 e. The molecule has 2 aliphatic heterocycles. The first-order valence-corrected chi connectivity index (χ1v) is 9.00. The van der Waals surface area contributed by atoms with Crippen molar-refractivity contribution in [3.63, 3.8) is 0 Å². The summed E-state index contributed by atoms with van der Waals surface area (Å²) in [6, 6.07) is 10.4. The van der Waals surface area contributed by atoms with Crippen LogP contribution in [0, 0.1) is 5.92 Å². The quantitative estimate of drug-likeness (QED) is 0.928. The minimum absolute atomic E-state index is 0.166. The standard InChI is InChI=1S/C19H29N3O/c1-15(18(20)16-7-3-2-4-8-16)19(23)22-13-9-17(10-14-22)21-11-5-6-12-21/h2-4,7-8,15,17-18H,5-6,9-14,20H2,1H3. The molecule has 2 N–H and O–H groups in total. The van der Waals surface area contributed by atoms with Crippen LogP contribution in [0.15, 0.2) is 30.3 Å².